The first-order valence-corrected chi connectivity index (χ1v) is 6.55. The van der Waals surface area contributed by atoms with E-state index < -0.39 is 0 Å². The molecule has 0 atom stereocenters. The highest BCUT2D eigenvalue weighted by Gasteiger charge is 2.01. The van der Waals surface area contributed by atoms with Gasteiger partial charge in [0.05, 0.1) is 7.11 Å². The Morgan fingerprint density at radius 2 is 1.68 bits per heavy atom. The van der Waals surface area contributed by atoms with Crippen molar-refractivity contribution in [2.24, 2.45) is 0 Å². The average Bonchev–Trinajstić information content (AvgIpc) is 2.40. The van der Waals surface area contributed by atoms with Crippen molar-refractivity contribution in [3.8, 4) is 5.75 Å². The zero-order chi connectivity index (χ0) is 13.8. The molecule has 2 heteroatoms. The SMILES string of the molecule is COc1ccc(CNc2ccc(C)c(C)c2)cc1C. The molecule has 2 nitrogen and oxygen atoms in total. The number of aryl methyl sites for hydroxylation is 3. The highest BCUT2D eigenvalue weighted by molar-refractivity contribution is 5.49. The summed E-state index contributed by atoms with van der Waals surface area (Å²) in [6.45, 7) is 7.16. The summed E-state index contributed by atoms with van der Waals surface area (Å²) in [4.78, 5) is 0. The van der Waals surface area contributed by atoms with Gasteiger partial charge in [-0.3, -0.25) is 0 Å². The molecule has 100 valence electrons. The number of benzene rings is 2. The van der Waals surface area contributed by atoms with Gasteiger partial charge in [-0.25, -0.2) is 0 Å². The third-order valence-corrected chi connectivity index (χ3v) is 3.46. The van der Waals surface area contributed by atoms with Crippen molar-refractivity contribution in [1.82, 2.24) is 0 Å². The third-order valence-electron chi connectivity index (χ3n) is 3.46. The maximum Gasteiger partial charge on any atom is 0.121 e. The molecule has 0 spiro atoms. The smallest absolute Gasteiger partial charge is 0.121 e. The molecular weight excluding hydrogens is 234 g/mol. The van der Waals surface area contributed by atoms with Gasteiger partial charge in [-0.05, 0) is 61.2 Å². The zero-order valence-electron chi connectivity index (χ0n) is 12.1. The first kappa shape index (κ1) is 13.5. The predicted octanol–water partition coefficient (Wildman–Crippen LogP) is 4.23. The second-order valence-corrected chi connectivity index (χ2v) is 4.96. The molecule has 0 fully saturated rings. The molecule has 2 aromatic carbocycles. The summed E-state index contributed by atoms with van der Waals surface area (Å²) in [7, 11) is 1.70. The largest absolute Gasteiger partial charge is 0.496 e. The molecule has 2 aromatic rings. The Bertz CT molecular complexity index is 575. The summed E-state index contributed by atoms with van der Waals surface area (Å²) < 4.78 is 5.27. The standard InChI is InChI=1S/C17H21NO/c1-12-5-7-16(10-13(12)2)18-11-15-6-8-17(19-4)14(3)9-15/h5-10,18H,11H2,1-4H3. The number of hydrogen-bond donors (Lipinski definition) is 1. The van der Waals surface area contributed by atoms with Crippen LogP contribution in [0.1, 0.15) is 22.3 Å². The van der Waals surface area contributed by atoms with Gasteiger partial charge in [0.1, 0.15) is 5.75 Å². The minimum atomic E-state index is 0.827. The third kappa shape index (κ3) is 3.28. The first-order chi connectivity index (χ1) is 9.10. The molecule has 0 heterocycles. The van der Waals surface area contributed by atoms with E-state index in [1.54, 1.807) is 7.11 Å². The van der Waals surface area contributed by atoms with E-state index >= 15 is 0 Å². The lowest BCUT2D eigenvalue weighted by Crippen LogP contribution is -2.00. The lowest BCUT2D eigenvalue weighted by Gasteiger charge is -2.11. The van der Waals surface area contributed by atoms with Crippen LogP contribution in [0.4, 0.5) is 5.69 Å². The van der Waals surface area contributed by atoms with E-state index in [9.17, 15) is 0 Å². The maximum atomic E-state index is 5.27. The van der Waals surface area contributed by atoms with E-state index in [4.69, 9.17) is 4.74 Å². The van der Waals surface area contributed by atoms with Crippen LogP contribution >= 0.6 is 0 Å². The number of ether oxygens (including phenoxy) is 1. The summed E-state index contributed by atoms with van der Waals surface area (Å²) in [5.74, 6) is 0.940. The molecule has 0 aliphatic carbocycles. The van der Waals surface area contributed by atoms with Crippen molar-refractivity contribution in [2.75, 3.05) is 12.4 Å². The molecule has 0 aliphatic rings. The minimum absolute atomic E-state index is 0.827. The monoisotopic (exact) mass is 255 g/mol. The summed E-state index contributed by atoms with van der Waals surface area (Å²) in [5, 5.41) is 3.45. The molecule has 19 heavy (non-hydrogen) atoms. The Labute approximate surface area is 115 Å². The Hall–Kier alpha value is -1.96. The fourth-order valence-electron chi connectivity index (χ4n) is 2.11. The molecule has 0 saturated heterocycles. The van der Waals surface area contributed by atoms with Crippen LogP contribution in [-0.4, -0.2) is 7.11 Å². The van der Waals surface area contributed by atoms with Gasteiger partial charge < -0.3 is 10.1 Å². The van der Waals surface area contributed by atoms with Crippen molar-refractivity contribution in [3.05, 3.63) is 58.7 Å². The van der Waals surface area contributed by atoms with E-state index in [0.29, 0.717) is 0 Å². The van der Waals surface area contributed by atoms with E-state index in [1.165, 1.54) is 22.3 Å². The molecule has 0 aliphatic heterocycles. The molecule has 0 bridgehead atoms. The van der Waals surface area contributed by atoms with E-state index in [2.05, 4.69) is 56.4 Å². The molecule has 0 amide bonds. The molecule has 2 rings (SSSR count). The lowest BCUT2D eigenvalue weighted by atomic mass is 10.1. The van der Waals surface area contributed by atoms with Crippen molar-refractivity contribution in [1.29, 1.82) is 0 Å². The van der Waals surface area contributed by atoms with Gasteiger partial charge >= 0.3 is 0 Å². The highest BCUT2D eigenvalue weighted by atomic mass is 16.5. The van der Waals surface area contributed by atoms with Crippen molar-refractivity contribution in [3.63, 3.8) is 0 Å². The number of methoxy groups -OCH3 is 1. The van der Waals surface area contributed by atoms with Gasteiger partial charge in [-0.15, -0.1) is 0 Å². The molecule has 1 N–H and O–H groups in total. The molecule has 0 saturated carbocycles. The van der Waals surface area contributed by atoms with Gasteiger partial charge in [0.25, 0.3) is 0 Å². The normalized spacial score (nSPS) is 10.3. The van der Waals surface area contributed by atoms with Crippen molar-refractivity contribution < 1.29 is 4.74 Å². The van der Waals surface area contributed by atoms with Crippen LogP contribution in [0.15, 0.2) is 36.4 Å². The second-order valence-electron chi connectivity index (χ2n) is 4.96. The predicted molar refractivity (Wildman–Crippen MR) is 81.0 cm³/mol. The number of anilines is 1. The number of nitrogens with one attached hydrogen (secondary N) is 1. The first-order valence-electron chi connectivity index (χ1n) is 6.55. The molecule has 0 radical (unpaired) electrons. The van der Waals surface area contributed by atoms with Gasteiger partial charge in [0.15, 0.2) is 0 Å². The Balaban J connectivity index is 2.05. The van der Waals surface area contributed by atoms with Crippen LogP contribution in [0.5, 0.6) is 5.75 Å². The Morgan fingerprint density at radius 3 is 2.32 bits per heavy atom. The van der Waals surface area contributed by atoms with Crippen molar-refractivity contribution >= 4 is 5.69 Å². The molecule has 0 aromatic heterocycles. The van der Waals surface area contributed by atoms with Gasteiger partial charge in [0, 0.05) is 12.2 Å². The van der Waals surface area contributed by atoms with Crippen LogP contribution in [0, 0.1) is 20.8 Å². The van der Waals surface area contributed by atoms with Gasteiger partial charge in [-0.2, -0.15) is 0 Å². The van der Waals surface area contributed by atoms with Gasteiger partial charge in [0.2, 0.25) is 0 Å². The van der Waals surface area contributed by atoms with Crippen LogP contribution in [0.3, 0.4) is 0 Å². The fourth-order valence-corrected chi connectivity index (χ4v) is 2.11. The fraction of sp³-hybridized carbons (Fsp3) is 0.294. The quantitative estimate of drug-likeness (QED) is 0.882. The molecular formula is C17H21NO. The zero-order valence-corrected chi connectivity index (χ0v) is 12.1. The maximum absolute atomic E-state index is 5.27. The van der Waals surface area contributed by atoms with Crippen molar-refractivity contribution in [2.45, 2.75) is 27.3 Å². The van der Waals surface area contributed by atoms with Crippen LogP contribution in [0.25, 0.3) is 0 Å². The number of hydrogen-bond acceptors (Lipinski definition) is 2. The van der Waals surface area contributed by atoms with Crippen LogP contribution < -0.4 is 10.1 Å². The summed E-state index contributed by atoms with van der Waals surface area (Å²) in [6, 6.07) is 12.7. The number of rotatable bonds is 4. The van der Waals surface area contributed by atoms with Gasteiger partial charge in [-0.1, -0.05) is 18.2 Å². The van der Waals surface area contributed by atoms with Crippen LogP contribution in [0.2, 0.25) is 0 Å². The summed E-state index contributed by atoms with van der Waals surface area (Å²) >= 11 is 0. The molecule has 0 unspecified atom stereocenters. The summed E-state index contributed by atoms with van der Waals surface area (Å²) in [6.07, 6.45) is 0. The lowest BCUT2D eigenvalue weighted by molar-refractivity contribution is 0.411. The van der Waals surface area contributed by atoms with E-state index in [1.807, 2.05) is 6.07 Å². The Morgan fingerprint density at radius 1 is 0.895 bits per heavy atom. The summed E-state index contributed by atoms with van der Waals surface area (Å²) in [5.41, 5.74) is 6.23. The van der Waals surface area contributed by atoms with Crippen LogP contribution in [-0.2, 0) is 6.54 Å². The van der Waals surface area contributed by atoms with E-state index in [0.717, 1.165) is 18.0 Å². The second kappa shape index (κ2) is 5.79. The van der Waals surface area contributed by atoms with E-state index in [-0.39, 0.29) is 0 Å². The minimum Gasteiger partial charge on any atom is -0.496 e. The average molecular weight is 255 g/mol. The Kier molecular flexibility index (Phi) is 4.10. The topological polar surface area (TPSA) is 21.3 Å². The highest BCUT2D eigenvalue weighted by Crippen LogP contribution is 2.20.